The minimum atomic E-state index is -0.480. The molecule has 0 unspecified atom stereocenters. The normalized spacial score (nSPS) is 11.1. The number of hydrogen-bond acceptors (Lipinski definition) is 3. The van der Waals surface area contributed by atoms with Gasteiger partial charge in [-0.1, -0.05) is 18.2 Å². The first kappa shape index (κ1) is 18.3. The smallest absolute Gasteiger partial charge is 0.311 e. The summed E-state index contributed by atoms with van der Waals surface area (Å²) in [5.41, 5.74) is 1.84. The van der Waals surface area contributed by atoms with Crippen LogP contribution in [0.2, 0.25) is 0 Å². The van der Waals surface area contributed by atoms with Crippen LogP contribution < -0.4 is 4.74 Å². The third-order valence-corrected chi connectivity index (χ3v) is 3.66. The number of carbonyl (C=O) groups excluding carboxylic acids is 1. The molecule has 0 N–H and O–H groups in total. The van der Waals surface area contributed by atoms with Gasteiger partial charge in [-0.2, -0.15) is 0 Å². The fourth-order valence-corrected chi connectivity index (χ4v) is 2.09. The topological polar surface area (TPSA) is 35.5 Å². The lowest BCUT2D eigenvalue weighted by Gasteiger charge is -2.22. The Balaban J connectivity index is 2.37. The highest BCUT2D eigenvalue weighted by Gasteiger charge is 2.28. The van der Waals surface area contributed by atoms with E-state index in [1.54, 1.807) is 6.08 Å². The van der Waals surface area contributed by atoms with Crippen LogP contribution >= 0.6 is 0 Å². The molecule has 0 amide bonds. The lowest BCUT2D eigenvalue weighted by Crippen LogP contribution is -2.27. The molecule has 3 nitrogen and oxygen atoms in total. The molecule has 0 aliphatic carbocycles. The Hall–Kier alpha value is -1.77. The molecule has 0 saturated carbocycles. The van der Waals surface area contributed by atoms with Crippen molar-refractivity contribution in [2.45, 2.75) is 47.0 Å². The first-order valence-electron chi connectivity index (χ1n) is 7.85. The van der Waals surface area contributed by atoms with Gasteiger partial charge < -0.3 is 9.47 Å². The standard InChI is InChI=1S/C19H28O3/c1-6-7-12-22-18(20)19(4,5)11-8-13-21-17-14-15(2)9-10-16(17)3/h6,9-10,14H,1,7-8,11-13H2,2-5H3. The van der Waals surface area contributed by atoms with E-state index in [2.05, 4.69) is 25.6 Å². The predicted octanol–water partition coefficient (Wildman–Crippen LogP) is 4.61. The molecule has 0 heterocycles. The van der Waals surface area contributed by atoms with Gasteiger partial charge in [0.15, 0.2) is 0 Å². The number of hydrogen-bond donors (Lipinski definition) is 0. The first-order valence-corrected chi connectivity index (χ1v) is 7.85. The fourth-order valence-electron chi connectivity index (χ4n) is 2.09. The van der Waals surface area contributed by atoms with Gasteiger partial charge >= 0.3 is 5.97 Å². The molecular formula is C19H28O3. The molecule has 0 radical (unpaired) electrons. The maximum atomic E-state index is 12.0. The Kier molecular flexibility index (Phi) is 7.16. The number of benzene rings is 1. The first-order chi connectivity index (χ1) is 10.4. The van der Waals surface area contributed by atoms with E-state index in [1.165, 1.54) is 5.56 Å². The molecule has 0 aliphatic rings. The number of esters is 1. The summed E-state index contributed by atoms with van der Waals surface area (Å²) in [7, 11) is 0. The number of ether oxygens (including phenoxy) is 2. The van der Waals surface area contributed by atoms with Gasteiger partial charge in [0.05, 0.1) is 18.6 Å². The summed E-state index contributed by atoms with van der Waals surface area (Å²) in [6, 6.07) is 6.18. The molecule has 122 valence electrons. The molecule has 1 rings (SSSR count). The summed E-state index contributed by atoms with van der Waals surface area (Å²) in [4.78, 5) is 12.0. The highest BCUT2D eigenvalue weighted by molar-refractivity contribution is 5.75. The minimum absolute atomic E-state index is 0.152. The van der Waals surface area contributed by atoms with Gasteiger partial charge in [-0.15, -0.1) is 6.58 Å². The van der Waals surface area contributed by atoms with Gasteiger partial charge in [0.1, 0.15) is 5.75 Å². The van der Waals surface area contributed by atoms with Crippen LogP contribution in [0, 0.1) is 19.3 Å². The van der Waals surface area contributed by atoms with E-state index in [1.807, 2.05) is 26.8 Å². The number of carbonyl (C=O) groups is 1. The average molecular weight is 304 g/mol. The van der Waals surface area contributed by atoms with E-state index in [4.69, 9.17) is 9.47 Å². The minimum Gasteiger partial charge on any atom is -0.493 e. The number of aryl methyl sites for hydroxylation is 2. The van der Waals surface area contributed by atoms with Crippen LogP contribution in [0.4, 0.5) is 0 Å². The molecule has 3 heteroatoms. The molecule has 0 bridgehead atoms. The zero-order chi connectivity index (χ0) is 16.6. The van der Waals surface area contributed by atoms with E-state index >= 15 is 0 Å². The summed E-state index contributed by atoms with van der Waals surface area (Å²) >= 11 is 0. The molecule has 0 atom stereocenters. The van der Waals surface area contributed by atoms with E-state index in [0.717, 1.165) is 24.2 Å². The molecule has 0 spiro atoms. The highest BCUT2D eigenvalue weighted by atomic mass is 16.5. The van der Waals surface area contributed by atoms with Crippen molar-refractivity contribution in [3.8, 4) is 5.75 Å². The van der Waals surface area contributed by atoms with Crippen molar-refractivity contribution in [2.75, 3.05) is 13.2 Å². The van der Waals surface area contributed by atoms with Crippen molar-refractivity contribution in [1.82, 2.24) is 0 Å². The van der Waals surface area contributed by atoms with Crippen LogP contribution in [0.15, 0.2) is 30.9 Å². The number of rotatable bonds is 9. The Morgan fingerprint density at radius 3 is 2.68 bits per heavy atom. The Labute approximate surface area is 134 Å². The SMILES string of the molecule is C=CCCOC(=O)C(C)(C)CCCOc1cc(C)ccc1C. The zero-order valence-corrected chi connectivity index (χ0v) is 14.3. The molecule has 0 saturated heterocycles. The zero-order valence-electron chi connectivity index (χ0n) is 14.3. The summed E-state index contributed by atoms with van der Waals surface area (Å²) in [6.07, 6.45) is 4.00. The molecule has 0 aromatic heterocycles. The van der Waals surface area contributed by atoms with Crippen molar-refractivity contribution in [3.05, 3.63) is 42.0 Å². The molecule has 1 aromatic carbocycles. The average Bonchev–Trinajstić information content (AvgIpc) is 2.47. The molecule has 22 heavy (non-hydrogen) atoms. The second-order valence-corrected chi connectivity index (χ2v) is 6.32. The van der Waals surface area contributed by atoms with Crippen LogP contribution in [0.25, 0.3) is 0 Å². The van der Waals surface area contributed by atoms with Crippen LogP contribution in [0.5, 0.6) is 5.75 Å². The van der Waals surface area contributed by atoms with E-state index in [9.17, 15) is 4.79 Å². The van der Waals surface area contributed by atoms with Crippen molar-refractivity contribution in [1.29, 1.82) is 0 Å². The third-order valence-electron chi connectivity index (χ3n) is 3.66. The van der Waals surface area contributed by atoms with Crippen LogP contribution in [0.3, 0.4) is 0 Å². The van der Waals surface area contributed by atoms with Gasteiger partial charge in [-0.25, -0.2) is 0 Å². The molecule has 0 aliphatic heterocycles. The maximum absolute atomic E-state index is 12.0. The Morgan fingerprint density at radius 2 is 2.00 bits per heavy atom. The van der Waals surface area contributed by atoms with Crippen molar-refractivity contribution < 1.29 is 14.3 Å². The van der Waals surface area contributed by atoms with Gasteiger partial charge in [0, 0.05) is 0 Å². The summed E-state index contributed by atoms with van der Waals surface area (Å²) in [5, 5.41) is 0. The molecular weight excluding hydrogens is 276 g/mol. The summed E-state index contributed by atoms with van der Waals surface area (Å²) < 4.78 is 11.1. The lowest BCUT2D eigenvalue weighted by atomic mass is 9.88. The van der Waals surface area contributed by atoms with E-state index in [-0.39, 0.29) is 5.97 Å². The van der Waals surface area contributed by atoms with Gasteiger partial charge in [0.2, 0.25) is 0 Å². The second kappa shape index (κ2) is 8.62. The lowest BCUT2D eigenvalue weighted by molar-refractivity contribution is -0.154. The Bertz CT molecular complexity index is 503. The van der Waals surface area contributed by atoms with Crippen molar-refractivity contribution >= 4 is 5.97 Å². The third kappa shape index (κ3) is 5.92. The summed E-state index contributed by atoms with van der Waals surface area (Å²) in [5.74, 6) is 0.771. The predicted molar refractivity (Wildman–Crippen MR) is 90.2 cm³/mol. The summed E-state index contributed by atoms with van der Waals surface area (Å²) in [6.45, 7) is 12.6. The van der Waals surface area contributed by atoms with Gasteiger partial charge in [-0.3, -0.25) is 4.79 Å². The molecule has 1 aromatic rings. The van der Waals surface area contributed by atoms with Crippen LogP contribution in [-0.2, 0) is 9.53 Å². The monoisotopic (exact) mass is 304 g/mol. The van der Waals surface area contributed by atoms with Crippen molar-refractivity contribution in [3.63, 3.8) is 0 Å². The largest absolute Gasteiger partial charge is 0.493 e. The van der Waals surface area contributed by atoms with Gasteiger partial charge in [-0.05, 0) is 64.2 Å². The maximum Gasteiger partial charge on any atom is 0.311 e. The van der Waals surface area contributed by atoms with Gasteiger partial charge in [0.25, 0.3) is 0 Å². The van der Waals surface area contributed by atoms with E-state index < -0.39 is 5.41 Å². The quantitative estimate of drug-likeness (QED) is 0.380. The Morgan fingerprint density at radius 1 is 1.27 bits per heavy atom. The fraction of sp³-hybridized carbons (Fsp3) is 0.526. The molecule has 0 fully saturated rings. The highest BCUT2D eigenvalue weighted by Crippen LogP contribution is 2.25. The van der Waals surface area contributed by atoms with Crippen LogP contribution in [-0.4, -0.2) is 19.2 Å². The van der Waals surface area contributed by atoms with Crippen molar-refractivity contribution in [2.24, 2.45) is 5.41 Å². The van der Waals surface area contributed by atoms with Crippen LogP contribution in [0.1, 0.15) is 44.2 Å². The van der Waals surface area contributed by atoms with E-state index in [0.29, 0.717) is 19.6 Å². The second-order valence-electron chi connectivity index (χ2n) is 6.32.